The van der Waals surface area contributed by atoms with Gasteiger partial charge in [0.05, 0.1) is 14.2 Å². The highest BCUT2D eigenvalue weighted by molar-refractivity contribution is 6.03. The largest absolute Gasteiger partial charge is 0.493 e. The van der Waals surface area contributed by atoms with Gasteiger partial charge in [-0.1, -0.05) is 6.07 Å². The topological polar surface area (TPSA) is 85.4 Å². The van der Waals surface area contributed by atoms with Gasteiger partial charge in [0.1, 0.15) is 17.3 Å². The molecule has 0 saturated carbocycles. The Labute approximate surface area is 170 Å². The van der Waals surface area contributed by atoms with Crippen LogP contribution >= 0.6 is 0 Å². The number of anilines is 3. The molecule has 2 aromatic carbocycles. The molecule has 29 heavy (non-hydrogen) atoms. The van der Waals surface area contributed by atoms with Gasteiger partial charge in [0.2, 0.25) is 0 Å². The van der Waals surface area contributed by atoms with E-state index in [1.165, 1.54) is 11.1 Å². The van der Waals surface area contributed by atoms with E-state index in [0.717, 1.165) is 5.69 Å². The van der Waals surface area contributed by atoms with Crippen LogP contribution in [0.25, 0.3) is 0 Å². The first-order valence-electron chi connectivity index (χ1n) is 9.13. The molecule has 0 aliphatic carbocycles. The Balaban J connectivity index is 1.81. The first kappa shape index (κ1) is 20.1. The SMILES string of the molecule is COc1ccc(NC(=O)c2cc(Nc3ccc(C)c(C)c3)nc(C)n2)cc1OC. The van der Waals surface area contributed by atoms with Crippen molar-refractivity contribution in [2.75, 3.05) is 24.9 Å². The highest BCUT2D eigenvalue weighted by atomic mass is 16.5. The molecule has 7 heteroatoms. The predicted molar refractivity (Wildman–Crippen MR) is 113 cm³/mol. The van der Waals surface area contributed by atoms with E-state index in [2.05, 4.69) is 27.5 Å². The number of hydrogen-bond acceptors (Lipinski definition) is 6. The highest BCUT2D eigenvalue weighted by Gasteiger charge is 2.13. The highest BCUT2D eigenvalue weighted by Crippen LogP contribution is 2.30. The number of rotatable bonds is 6. The van der Waals surface area contributed by atoms with Crippen LogP contribution < -0.4 is 20.1 Å². The number of nitrogens with zero attached hydrogens (tertiary/aromatic N) is 2. The number of amides is 1. The molecule has 0 atom stereocenters. The van der Waals surface area contributed by atoms with Gasteiger partial charge in [-0.3, -0.25) is 4.79 Å². The molecule has 3 aromatic rings. The van der Waals surface area contributed by atoms with E-state index < -0.39 is 0 Å². The number of aryl methyl sites for hydroxylation is 3. The number of methoxy groups -OCH3 is 2. The van der Waals surface area contributed by atoms with Crippen molar-refractivity contribution in [1.82, 2.24) is 9.97 Å². The van der Waals surface area contributed by atoms with Gasteiger partial charge in [-0.2, -0.15) is 0 Å². The van der Waals surface area contributed by atoms with E-state index in [1.807, 2.05) is 25.1 Å². The fourth-order valence-electron chi connectivity index (χ4n) is 2.82. The first-order valence-corrected chi connectivity index (χ1v) is 9.13. The van der Waals surface area contributed by atoms with E-state index in [0.29, 0.717) is 28.8 Å². The smallest absolute Gasteiger partial charge is 0.274 e. The number of hydrogen-bond donors (Lipinski definition) is 2. The van der Waals surface area contributed by atoms with Crippen LogP contribution in [0, 0.1) is 20.8 Å². The lowest BCUT2D eigenvalue weighted by atomic mass is 10.1. The molecule has 1 amide bonds. The molecule has 2 N–H and O–H groups in total. The molecule has 0 unspecified atom stereocenters. The number of nitrogens with one attached hydrogen (secondary N) is 2. The molecule has 1 aromatic heterocycles. The van der Waals surface area contributed by atoms with E-state index >= 15 is 0 Å². The average Bonchev–Trinajstić information content (AvgIpc) is 2.70. The minimum atomic E-state index is -0.342. The molecule has 1 heterocycles. The van der Waals surface area contributed by atoms with Crippen molar-refractivity contribution in [2.24, 2.45) is 0 Å². The molecule has 0 bridgehead atoms. The Morgan fingerprint density at radius 2 is 1.55 bits per heavy atom. The fourth-order valence-corrected chi connectivity index (χ4v) is 2.82. The van der Waals surface area contributed by atoms with Gasteiger partial charge < -0.3 is 20.1 Å². The van der Waals surface area contributed by atoms with Crippen molar-refractivity contribution >= 4 is 23.1 Å². The summed E-state index contributed by atoms with van der Waals surface area (Å²) in [5, 5.41) is 6.06. The second-order valence-electron chi connectivity index (χ2n) is 6.63. The van der Waals surface area contributed by atoms with Crippen molar-refractivity contribution in [2.45, 2.75) is 20.8 Å². The van der Waals surface area contributed by atoms with E-state index in [9.17, 15) is 4.79 Å². The summed E-state index contributed by atoms with van der Waals surface area (Å²) in [6.07, 6.45) is 0. The lowest BCUT2D eigenvalue weighted by molar-refractivity contribution is 0.102. The normalized spacial score (nSPS) is 10.4. The molecule has 0 fully saturated rings. The Bertz CT molecular complexity index is 1050. The summed E-state index contributed by atoms with van der Waals surface area (Å²) < 4.78 is 10.5. The number of benzene rings is 2. The quantitative estimate of drug-likeness (QED) is 0.646. The zero-order valence-electron chi connectivity index (χ0n) is 17.2. The molecular weight excluding hydrogens is 368 g/mol. The Kier molecular flexibility index (Phi) is 5.97. The molecule has 0 spiro atoms. The van der Waals surface area contributed by atoms with Crippen molar-refractivity contribution in [3.8, 4) is 11.5 Å². The van der Waals surface area contributed by atoms with Crippen molar-refractivity contribution < 1.29 is 14.3 Å². The standard InChI is InChI=1S/C22H24N4O3/c1-13-6-7-16(10-14(13)2)25-21-12-18(23-15(3)24-21)22(27)26-17-8-9-19(28-4)20(11-17)29-5/h6-12H,1-5H3,(H,26,27)(H,23,24,25). The second kappa shape index (κ2) is 8.60. The molecule has 3 rings (SSSR count). The van der Waals surface area contributed by atoms with Crippen LogP contribution in [0.4, 0.5) is 17.2 Å². The van der Waals surface area contributed by atoms with Gasteiger partial charge >= 0.3 is 0 Å². The third-order valence-corrected chi connectivity index (χ3v) is 4.49. The molecule has 0 saturated heterocycles. The van der Waals surface area contributed by atoms with Crippen LogP contribution in [0.2, 0.25) is 0 Å². The van der Waals surface area contributed by atoms with Gasteiger partial charge in [-0.15, -0.1) is 0 Å². The van der Waals surface area contributed by atoms with Crippen LogP contribution in [-0.4, -0.2) is 30.1 Å². The third kappa shape index (κ3) is 4.82. The summed E-state index contributed by atoms with van der Waals surface area (Å²) in [5.74, 6) is 1.82. The summed E-state index contributed by atoms with van der Waals surface area (Å²) in [5.41, 5.74) is 4.13. The minimum absolute atomic E-state index is 0.263. The third-order valence-electron chi connectivity index (χ3n) is 4.49. The summed E-state index contributed by atoms with van der Waals surface area (Å²) in [6.45, 7) is 5.86. The average molecular weight is 392 g/mol. The van der Waals surface area contributed by atoms with Gasteiger partial charge in [-0.05, 0) is 56.2 Å². The van der Waals surface area contributed by atoms with Crippen molar-refractivity contribution in [1.29, 1.82) is 0 Å². The van der Waals surface area contributed by atoms with Crippen LogP contribution in [0.1, 0.15) is 27.4 Å². The van der Waals surface area contributed by atoms with Crippen LogP contribution in [0.3, 0.4) is 0 Å². The number of aromatic nitrogens is 2. The summed E-state index contributed by atoms with van der Waals surface area (Å²) in [4.78, 5) is 21.4. The van der Waals surface area contributed by atoms with Crippen molar-refractivity contribution in [3.63, 3.8) is 0 Å². The number of ether oxygens (including phenoxy) is 2. The lowest BCUT2D eigenvalue weighted by Gasteiger charge is -2.12. The zero-order valence-corrected chi connectivity index (χ0v) is 17.2. The van der Waals surface area contributed by atoms with E-state index in [-0.39, 0.29) is 11.6 Å². The molecular formula is C22H24N4O3. The summed E-state index contributed by atoms with van der Waals surface area (Å²) >= 11 is 0. The van der Waals surface area contributed by atoms with Gasteiger partial charge in [0.25, 0.3) is 5.91 Å². The molecule has 0 radical (unpaired) electrons. The van der Waals surface area contributed by atoms with E-state index in [4.69, 9.17) is 9.47 Å². The number of carbonyl (C=O) groups is 1. The van der Waals surface area contributed by atoms with Crippen LogP contribution in [0.5, 0.6) is 11.5 Å². The van der Waals surface area contributed by atoms with Gasteiger partial charge in [-0.25, -0.2) is 9.97 Å². The zero-order chi connectivity index (χ0) is 21.0. The maximum absolute atomic E-state index is 12.7. The Morgan fingerprint density at radius 3 is 2.24 bits per heavy atom. The van der Waals surface area contributed by atoms with E-state index in [1.54, 1.807) is 45.4 Å². The molecule has 0 aliphatic heterocycles. The monoisotopic (exact) mass is 392 g/mol. The molecule has 150 valence electrons. The van der Waals surface area contributed by atoms with Crippen LogP contribution in [0.15, 0.2) is 42.5 Å². The number of carbonyl (C=O) groups excluding carboxylic acids is 1. The predicted octanol–water partition coefficient (Wildman–Crippen LogP) is 4.41. The molecule has 0 aliphatic rings. The maximum Gasteiger partial charge on any atom is 0.274 e. The summed E-state index contributed by atoms with van der Waals surface area (Å²) in [6, 6.07) is 12.8. The minimum Gasteiger partial charge on any atom is -0.493 e. The Hall–Kier alpha value is -3.61. The summed E-state index contributed by atoms with van der Waals surface area (Å²) in [7, 11) is 3.10. The Morgan fingerprint density at radius 1 is 0.828 bits per heavy atom. The second-order valence-corrected chi connectivity index (χ2v) is 6.63. The fraction of sp³-hybridized carbons (Fsp3) is 0.227. The lowest BCUT2D eigenvalue weighted by Crippen LogP contribution is -2.15. The first-order chi connectivity index (χ1) is 13.9. The molecule has 7 nitrogen and oxygen atoms in total. The van der Waals surface area contributed by atoms with Crippen molar-refractivity contribution in [3.05, 3.63) is 65.1 Å². The maximum atomic E-state index is 12.7. The van der Waals surface area contributed by atoms with Gasteiger partial charge in [0.15, 0.2) is 11.5 Å². The van der Waals surface area contributed by atoms with Crippen LogP contribution in [-0.2, 0) is 0 Å². The van der Waals surface area contributed by atoms with Gasteiger partial charge in [0, 0.05) is 23.5 Å².